The van der Waals surface area contributed by atoms with Crippen molar-refractivity contribution in [3.8, 4) is 17.3 Å². The molecule has 134 valence electrons. The lowest BCUT2D eigenvalue weighted by Crippen LogP contribution is -2.43. The Morgan fingerprint density at radius 1 is 1.15 bits per heavy atom. The van der Waals surface area contributed by atoms with Gasteiger partial charge in [0.1, 0.15) is 23.0 Å². The van der Waals surface area contributed by atoms with Crippen LogP contribution in [0.3, 0.4) is 0 Å². The summed E-state index contributed by atoms with van der Waals surface area (Å²) in [6.07, 6.45) is 5.22. The summed E-state index contributed by atoms with van der Waals surface area (Å²) in [5, 5.41) is 16.9. The molecule has 26 heavy (non-hydrogen) atoms. The number of piperazine rings is 1. The Labute approximate surface area is 153 Å². The van der Waals surface area contributed by atoms with E-state index >= 15 is 0 Å². The molecule has 0 aromatic carbocycles. The van der Waals surface area contributed by atoms with E-state index in [0.717, 1.165) is 54.5 Å². The minimum Gasteiger partial charge on any atom is -0.354 e. The van der Waals surface area contributed by atoms with E-state index in [4.69, 9.17) is 0 Å². The molecular formula is C19H23N7. The number of rotatable bonds is 2. The Bertz CT molecular complexity index is 915. The summed E-state index contributed by atoms with van der Waals surface area (Å²) in [6, 6.07) is 6.22. The Kier molecular flexibility index (Phi) is 5.44. The maximum Gasteiger partial charge on any atom is 0.128 e. The molecule has 3 aromatic rings. The highest BCUT2D eigenvalue weighted by Gasteiger charge is 2.15. The van der Waals surface area contributed by atoms with Crippen molar-refractivity contribution in [1.82, 2.24) is 24.9 Å². The molecule has 4 rings (SSSR count). The first-order valence-corrected chi connectivity index (χ1v) is 8.93. The SMILES string of the molecule is CC.Cc1cn2ncc(C#N)c2c(-c2ccc(N3CCNCC3)nc2)n1. The average molecular weight is 349 g/mol. The molecule has 0 aliphatic carbocycles. The van der Waals surface area contributed by atoms with Gasteiger partial charge >= 0.3 is 0 Å². The van der Waals surface area contributed by atoms with Crippen LogP contribution >= 0.6 is 0 Å². The van der Waals surface area contributed by atoms with Crippen LogP contribution in [-0.2, 0) is 0 Å². The molecule has 7 heteroatoms. The molecule has 3 aromatic heterocycles. The minimum atomic E-state index is 0.517. The number of nitrogens with one attached hydrogen (secondary N) is 1. The second kappa shape index (κ2) is 7.93. The number of hydrogen-bond acceptors (Lipinski definition) is 6. The fraction of sp³-hybridized carbons (Fsp3) is 0.368. The normalized spacial score (nSPS) is 13.8. The third kappa shape index (κ3) is 3.37. The van der Waals surface area contributed by atoms with Crippen LogP contribution in [0.15, 0.2) is 30.7 Å². The van der Waals surface area contributed by atoms with Gasteiger partial charge in [0.05, 0.1) is 23.8 Å². The maximum atomic E-state index is 9.32. The summed E-state index contributed by atoms with van der Waals surface area (Å²) in [5.41, 5.74) is 3.71. The molecule has 7 nitrogen and oxygen atoms in total. The quantitative estimate of drug-likeness (QED) is 0.765. The molecule has 1 saturated heterocycles. The van der Waals surface area contributed by atoms with Crippen molar-refractivity contribution in [2.24, 2.45) is 0 Å². The van der Waals surface area contributed by atoms with Gasteiger partial charge in [-0.05, 0) is 19.1 Å². The number of nitriles is 1. The second-order valence-corrected chi connectivity index (χ2v) is 5.84. The van der Waals surface area contributed by atoms with E-state index in [1.54, 1.807) is 10.7 Å². The van der Waals surface area contributed by atoms with Crippen molar-refractivity contribution in [2.45, 2.75) is 20.8 Å². The number of hydrogen-bond donors (Lipinski definition) is 1. The molecular weight excluding hydrogens is 326 g/mol. The van der Waals surface area contributed by atoms with Crippen LogP contribution in [0.1, 0.15) is 25.1 Å². The van der Waals surface area contributed by atoms with Gasteiger partial charge in [-0.15, -0.1) is 0 Å². The van der Waals surface area contributed by atoms with Crippen molar-refractivity contribution in [1.29, 1.82) is 5.26 Å². The fourth-order valence-corrected chi connectivity index (χ4v) is 3.02. The van der Waals surface area contributed by atoms with Gasteiger partial charge in [0, 0.05) is 37.9 Å². The predicted molar refractivity (Wildman–Crippen MR) is 102 cm³/mol. The van der Waals surface area contributed by atoms with Gasteiger partial charge in [-0.1, -0.05) is 13.8 Å². The number of aryl methyl sites for hydroxylation is 1. The van der Waals surface area contributed by atoms with E-state index in [9.17, 15) is 5.26 Å². The van der Waals surface area contributed by atoms with Gasteiger partial charge in [-0.25, -0.2) is 14.5 Å². The van der Waals surface area contributed by atoms with Crippen LogP contribution in [0.25, 0.3) is 16.8 Å². The Balaban J connectivity index is 0.000000948. The van der Waals surface area contributed by atoms with Gasteiger partial charge in [0.25, 0.3) is 0 Å². The fourth-order valence-electron chi connectivity index (χ4n) is 3.02. The van der Waals surface area contributed by atoms with Crippen molar-refractivity contribution >= 4 is 11.3 Å². The van der Waals surface area contributed by atoms with Gasteiger partial charge in [0.15, 0.2) is 0 Å². The zero-order valence-corrected chi connectivity index (χ0v) is 15.4. The van der Waals surface area contributed by atoms with Crippen LogP contribution in [0.4, 0.5) is 5.82 Å². The Morgan fingerprint density at radius 3 is 2.58 bits per heavy atom. The predicted octanol–water partition coefficient (Wildman–Crippen LogP) is 2.41. The summed E-state index contributed by atoms with van der Waals surface area (Å²) in [7, 11) is 0. The first-order valence-electron chi connectivity index (χ1n) is 8.93. The van der Waals surface area contributed by atoms with E-state index in [0.29, 0.717) is 5.56 Å². The summed E-state index contributed by atoms with van der Waals surface area (Å²) >= 11 is 0. The topological polar surface area (TPSA) is 82.1 Å². The molecule has 0 saturated carbocycles. The minimum absolute atomic E-state index is 0.517. The Morgan fingerprint density at radius 2 is 1.92 bits per heavy atom. The van der Waals surface area contributed by atoms with Crippen LogP contribution in [0.5, 0.6) is 0 Å². The van der Waals surface area contributed by atoms with E-state index in [-0.39, 0.29) is 0 Å². The average Bonchev–Trinajstić information content (AvgIpc) is 3.12. The molecule has 4 heterocycles. The monoisotopic (exact) mass is 349 g/mol. The lowest BCUT2D eigenvalue weighted by atomic mass is 10.1. The summed E-state index contributed by atoms with van der Waals surface area (Å²) in [6.45, 7) is 9.79. The van der Waals surface area contributed by atoms with E-state index in [2.05, 4.69) is 31.4 Å². The van der Waals surface area contributed by atoms with Crippen LogP contribution < -0.4 is 10.2 Å². The molecule has 0 radical (unpaired) electrons. The first kappa shape index (κ1) is 17.8. The molecule has 0 amide bonds. The largest absolute Gasteiger partial charge is 0.354 e. The first-order chi connectivity index (χ1) is 12.8. The van der Waals surface area contributed by atoms with E-state index in [1.165, 1.54) is 0 Å². The summed E-state index contributed by atoms with van der Waals surface area (Å²) in [4.78, 5) is 11.5. The second-order valence-electron chi connectivity index (χ2n) is 5.84. The van der Waals surface area contributed by atoms with Crippen molar-refractivity contribution in [3.05, 3.63) is 42.0 Å². The lowest BCUT2D eigenvalue weighted by Gasteiger charge is -2.28. The number of fused-ring (bicyclic) bond motifs is 1. The van der Waals surface area contributed by atoms with Gasteiger partial charge in [-0.3, -0.25) is 0 Å². The van der Waals surface area contributed by atoms with Gasteiger partial charge in [-0.2, -0.15) is 10.4 Å². The highest BCUT2D eigenvalue weighted by molar-refractivity contribution is 5.81. The van der Waals surface area contributed by atoms with Crippen LogP contribution in [-0.4, -0.2) is 45.8 Å². The zero-order chi connectivity index (χ0) is 18.5. The highest BCUT2D eigenvalue weighted by atomic mass is 15.2. The number of pyridine rings is 1. The molecule has 1 aliphatic rings. The number of nitrogens with zero attached hydrogens (tertiary/aromatic N) is 6. The lowest BCUT2D eigenvalue weighted by molar-refractivity contribution is 0.585. The molecule has 1 N–H and O–H groups in total. The molecule has 0 bridgehead atoms. The molecule has 1 aliphatic heterocycles. The van der Waals surface area contributed by atoms with Crippen molar-refractivity contribution < 1.29 is 0 Å². The smallest absolute Gasteiger partial charge is 0.128 e. The standard InChI is InChI=1S/C17H17N7.C2H6/c1-12-11-24-17(14(8-18)10-21-24)16(22-12)13-2-3-15(20-9-13)23-6-4-19-5-7-23;1-2/h2-3,9-11,19H,4-7H2,1H3;1-2H3. The van der Waals surface area contributed by atoms with Crippen LogP contribution in [0, 0.1) is 18.3 Å². The van der Waals surface area contributed by atoms with Gasteiger partial charge < -0.3 is 10.2 Å². The zero-order valence-electron chi connectivity index (χ0n) is 15.4. The molecule has 0 unspecified atom stereocenters. The molecule has 0 atom stereocenters. The van der Waals surface area contributed by atoms with E-state index in [1.807, 2.05) is 45.3 Å². The summed E-state index contributed by atoms with van der Waals surface area (Å²) < 4.78 is 1.71. The van der Waals surface area contributed by atoms with Gasteiger partial charge in [0.2, 0.25) is 0 Å². The Hall–Kier alpha value is -2.98. The van der Waals surface area contributed by atoms with Crippen LogP contribution in [0.2, 0.25) is 0 Å². The van der Waals surface area contributed by atoms with Crippen molar-refractivity contribution in [3.63, 3.8) is 0 Å². The highest BCUT2D eigenvalue weighted by Crippen LogP contribution is 2.26. The molecule has 0 spiro atoms. The third-order valence-electron chi connectivity index (χ3n) is 4.20. The maximum absolute atomic E-state index is 9.32. The third-order valence-corrected chi connectivity index (χ3v) is 4.20. The number of aromatic nitrogens is 4. The molecule has 1 fully saturated rings. The summed E-state index contributed by atoms with van der Waals surface area (Å²) in [5.74, 6) is 0.970. The van der Waals surface area contributed by atoms with Crippen molar-refractivity contribution in [2.75, 3.05) is 31.1 Å². The number of anilines is 1. The van der Waals surface area contributed by atoms with E-state index < -0.39 is 0 Å².